The average molecular weight is 1550 g/mol. The largest absolute Gasteiger partial charge is 0.748 e. The lowest BCUT2D eigenvalue weighted by atomic mass is 9.81. The van der Waals surface area contributed by atoms with Gasteiger partial charge in [0.2, 0.25) is 5.69 Å². The number of anilines is 1. The van der Waals surface area contributed by atoms with E-state index in [1.165, 1.54) is 24.3 Å². The van der Waals surface area contributed by atoms with Gasteiger partial charge in [0.15, 0.2) is 5.71 Å². The van der Waals surface area contributed by atoms with Crippen LogP contribution in [-0.4, -0.2) is 160 Å². The number of unbranched alkanes of at least 4 members (excludes halogenated alkanes) is 2. The summed E-state index contributed by atoms with van der Waals surface area (Å²) in [6, 6.07) is 32.3. The molecule has 5 aromatic rings. The number of ether oxygens (including phenoxy) is 4. The van der Waals surface area contributed by atoms with E-state index in [1.807, 2.05) is 97.9 Å². The highest BCUT2D eigenvalue weighted by molar-refractivity contribution is 7.94. The third kappa shape index (κ3) is 22.7. The van der Waals surface area contributed by atoms with E-state index in [1.54, 1.807) is 54.6 Å². The van der Waals surface area contributed by atoms with Crippen LogP contribution < -0.4 is 9.64 Å². The maximum Gasteiger partial charge on any atom is 0.307 e. The number of hydrogen-bond donors (Lipinski definition) is 4. The van der Waals surface area contributed by atoms with Gasteiger partial charge in [-0.25, -0.2) is 8.42 Å². The second kappa shape index (κ2) is 36.2. The molecule has 0 radical (unpaired) electrons. The maximum absolute atomic E-state index is 13.4. The van der Waals surface area contributed by atoms with Crippen LogP contribution in [0.1, 0.15) is 145 Å². The Balaban J connectivity index is 0.859. The van der Waals surface area contributed by atoms with E-state index in [0.29, 0.717) is 119 Å². The minimum atomic E-state index is -4.63. The molecule has 23 nitrogen and oxygen atoms in total. The second-order valence-electron chi connectivity index (χ2n) is 27.9. The van der Waals surface area contributed by atoms with Crippen LogP contribution in [0.25, 0.3) is 0 Å². The molecule has 3 atom stereocenters. The van der Waals surface area contributed by atoms with E-state index >= 15 is 0 Å². The van der Waals surface area contributed by atoms with Crippen molar-refractivity contribution in [1.29, 1.82) is 0 Å². The number of aliphatic carboxylic acids is 1. The van der Waals surface area contributed by atoms with Gasteiger partial charge in [-0.3, -0.25) is 32.9 Å². The van der Waals surface area contributed by atoms with Gasteiger partial charge < -0.3 is 33.5 Å². The second-order valence-corrected chi connectivity index (χ2v) is 34.4. The van der Waals surface area contributed by atoms with Crippen LogP contribution in [-0.2, 0) is 92.9 Å². The molecule has 0 spiro atoms. The van der Waals surface area contributed by atoms with Crippen LogP contribution in [0.4, 0.5) is 15.3 Å². The molecule has 4 N–H and O–H groups in total. The fourth-order valence-corrected chi connectivity index (χ4v) is 16.6. The Labute approximate surface area is 619 Å². The van der Waals surface area contributed by atoms with Crippen LogP contribution in [0.15, 0.2) is 177 Å². The van der Waals surface area contributed by atoms with Crippen LogP contribution >= 0.6 is 12.1 Å². The van der Waals surface area contributed by atoms with Crippen molar-refractivity contribution in [1.82, 2.24) is 4.90 Å². The standard InChI is InChI=1S/C76H92FN3O20S5/c1-75(2)65-49-63(104(91,92)93)30-32-67(65)79(38-8-10-44-102(85,86)87)70(75)34-26-56-19-13-20-57(27-35-71-76(3,4)66-50-64(105(94,95)96)31-33-68(66)80(71)39-9-11-45-103(88,89)90)73(56)100-61-28-24-53(25-29-61)46-58(74(83)84)48-59(81)36-41-98-43-42-97-40-15-21-60(82)51-78-37-14-23-69(72(78)55-17-6-5-7-18-55)99-52-54-16-12-22-62(47-54)101-77/h5-7,12,16-18,22,24-35,47,49-50,58,69,72H,8-11,13-15,19-21,23,36-46,48,51-52H2,1-4H3,(H4-,83,84,85,86,87,88,89,90,91,92,93,94,95,96)/t58-,69+,72+/m1/s1. The van der Waals surface area contributed by atoms with E-state index in [4.69, 9.17) is 18.9 Å². The number of carboxylic acids is 1. The van der Waals surface area contributed by atoms with E-state index in [9.17, 15) is 75.3 Å². The molecule has 0 bridgehead atoms. The number of halogens is 1. The number of Topliss-reactive ketones (excluding diaryl/α,β-unsaturated/α-hetero) is 2. The molecule has 3 heterocycles. The molecule has 5 aromatic carbocycles. The fourth-order valence-electron chi connectivity index (χ4n) is 14.2. The van der Waals surface area contributed by atoms with Crippen molar-refractivity contribution in [3.63, 3.8) is 0 Å². The Morgan fingerprint density at radius 1 is 0.705 bits per heavy atom. The zero-order valence-electron chi connectivity index (χ0n) is 59.3. The number of rotatable bonds is 39. The SMILES string of the molecule is CC1(C)C(=CC=C2CCCC(C=CC3=[N+](CCCCS(=O)(=O)O)c4ccc(S(=O)(=O)O)cc4C3(C)C)=C2Oc2ccc(C[C@H](CC(=O)CCOCCOCCCC(=O)CN3CCC[C@H](OCc4cccc(SF)c4)[C@@H]3c3ccccc3)C(=O)O)cc2)N(CCCCS(=O)(=O)[O-])c2ccc(S(=O)(=O)O)cc21. The molecule has 1 saturated heterocycles. The molecule has 29 heteroatoms. The first-order valence-electron chi connectivity index (χ1n) is 35.0. The van der Waals surface area contributed by atoms with Gasteiger partial charge in [-0.15, -0.1) is 0 Å². The summed E-state index contributed by atoms with van der Waals surface area (Å²) < 4.78 is 178. The molecule has 0 unspecified atom stereocenters. The van der Waals surface area contributed by atoms with Crippen LogP contribution in [0.2, 0.25) is 0 Å². The predicted molar refractivity (Wildman–Crippen MR) is 395 cm³/mol. The van der Waals surface area contributed by atoms with E-state index in [-0.39, 0.29) is 124 Å². The number of hydrogen-bond acceptors (Lipinski definition) is 19. The summed E-state index contributed by atoms with van der Waals surface area (Å²) in [6.45, 7) is 10.1. The zero-order chi connectivity index (χ0) is 75.9. The van der Waals surface area contributed by atoms with Gasteiger partial charge in [0, 0.05) is 84.0 Å². The number of benzene rings is 5. The van der Waals surface area contributed by atoms with E-state index in [0.717, 1.165) is 30.5 Å². The van der Waals surface area contributed by atoms with Crippen LogP contribution in [0.5, 0.6) is 5.75 Å². The van der Waals surface area contributed by atoms with Crippen molar-refractivity contribution in [2.24, 2.45) is 5.92 Å². The summed E-state index contributed by atoms with van der Waals surface area (Å²) in [4.78, 5) is 43.3. The summed E-state index contributed by atoms with van der Waals surface area (Å²) in [5.41, 5.74) is 5.85. The topological polar surface area (TPSA) is 338 Å². The Morgan fingerprint density at radius 2 is 1.40 bits per heavy atom. The number of piperidine rings is 1. The molecule has 1 fully saturated rings. The molecule has 0 amide bonds. The number of nitrogens with zero attached hydrogens (tertiary/aromatic N) is 3. The van der Waals surface area contributed by atoms with Gasteiger partial charge in [-0.05, 0) is 185 Å². The Bertz CT molecular complexity index is 4600. The molecule has 0 aromatic heterocycles. The van der Waals surface area contributed by atoms with Crippen LogP contribution in [0.3, 0.4) is 0 Å². The van der Waals surface area contributed by atoms with E-state index < -0.39 is 74.7 Å². The minimum Gasteiger partial charge on any atom is -0.748 e. The molecular formula is C76H92FN3O20S5. The monoisotopic (exact) mass is 1550 g/mol. The van der Waals surface area contributed by atoms with Crippen molar-refractivity contribution < 1.29 is 98.8 Å². The minimum absolute atomic E-state index is 0.00872. The lowest BCUT2D eigenvalue weighted by molar-refractivity contribution is -0.438. The highest BCUT2D eigenvalue weighted by Crippen LogP contribution is 2.49. The smallest absolute Gasteiger partial charge is 0.307 e. The van der Waals surface area contributed by atoms with Crippen molar-refractivity contribution in [3.8, 4) is 5.75 Å². The number of allylic oxidation sites excluding steroid dienone is 7. The van der Waals surface area contributed by atoms with Gasteiger partial charge in [0.25, 0.3) is 30.4 Å². The first-order chi connectivity index (χ1) is 49.7. The quantitative estimate of drug-likeness (QED) is 0.0161. The average Bonchev–Trinajstić information content (AvgIpc) is 1.60. The summed E-state index contributed by atoms with van der Waals surface area (Å²) in [6.07, 6.45) is 11.9. The molecule has 105 heavy (non-hydrogen) atoms. The number of carbonyl (C=O) groups is 3. The number of fused-ring (bicyclic) bond motifs is 2. The van der Waals surface area contributed by atoms with Gasteiger partial charge in [0.1, 0.15) is 29.6 Å². The first kappa shape index (κ1) is 82.0. The number of carbonyl (C=O) groups excluding carboxylic acids is 2. The summed E-state index contributed by atoms with van der Waals surface area (Å²) in [5.74, 6) is -2.73. The van der Waals surface area contributed by atoms with E-state index in [2.05, 4.69) is 4.90 Å². The molecule has 568 valence electrons. The van der Waals surface area contributed by atoms with Crippen LogP contribution in [0, 0.1) is 5.92 Å². The molecule has 0 saturated carbocycles. The molecule has 4 aliphatic rings. The van der Waals surface area contributed by atoms with Crippen molar-refractivity contribution in [3.05, 3.63) is 190 Å². The predicted octanol–water partition coefficient (Wildman–Crippen LogP) is 12.6. The van der Waals surface area contributed by atoms with Gasteiger partial charge in [-0.1, -0.05) is 74.5 Å². The van der Waals surface area contributed by atoms with Crippen molar-refractivity contribution in [2.45, 2.75) is 162 Å². The molecule has 1 aliphatic carbocycles. The van der Waals surface area contributed by atoms with Gasteiger partial charge >= 0.3 is 5.97 Å². The number of carboxylic acid groups (broad SMARTS) is 1. The van der Waals surface area contributed by atoms with Crippen molar-refractivity contribution >= 4 is 87.2 Å². The highest BCUT2D eigenvalue weighted by Gasteiger charge is 2.46. The lowest BCUT2D eigenvalue weighted by Crippen LogP contribution is -2.45. The highest BCUT2D eigenvalue weighted by atomic mass is 32.2. The van der Waals surface area contributed by atoms with Gasteiger partial charge in [0.05, 0.1) is 94.3 Å². The van der Waals surface area contributed by atoms with Crippen molar-refractivity contribution in [2.75, 3.05) is 69.0 Å². The first-order valence-corrected chi connectivity index (χ1v) is 41.8. The summed E-state index contributed by atoms with van der Waals surface area (Å²) in [7, 11) is -18.0. The maximum atomic E-state index is 13.4. The molecule has 3 aliphatic heterocycles. The third-order valence-electron chi connectivity index (χ3n) is 19.5. The number of likely N-dealkylation sites (tertiary alicyclic amines) is 1. The Morgan fingerprint density at radius 3 is 2.09 bits per heavy atom. The Hall–Kier alpha value is -7.10. The summed E-state index contributed by atoms with van der Waals surface area (Å²) >= 11 is 0.191. The normalized spacial score (nSPS) is 18.8. The fraction of sp³-hybridized carbons (Fsp3) is 0.447. The number of ketones is 2. The molecular weight excluding hydrogens is 1450 g/mol. The van der Waals surface area contributed by atoms with Gasteiger partial charge in [-0.2, -0.15) is 33.7 Å². The zero-order valence-corrected chi connectivity index (χ0v) is 63.4. The molecule has 9 rings (SSSR count). The lowest BCUT2D eigenvalue weighted by Gasteiger charge is -2.41. The third-order valence-corrected chi connectivity index (χ3v) is 23.2. The summed E-state index contributed by atoms with van der Waals surface area (Å²) in [5, 5.41) is 10.4. The Kier molecular flexibility index (Phi) is 28.3.